The second kappa shape index (κ2) is 6.49. The van der Waals surface area contributed by atoms with Gasteiger partial charge in [0.1, 0.15) is 11.6 Å². The van der Waals surface area contributed by atoms with E-state index in [0.29, 0.717) is 23.6 Å². The fraction of sp³-hybridized carbons (Fsp3) is 0.214. The van der Waals surface area contributed by atoms with Crippen molar-refractivity contribution in [1.29, 1.82) is 0 Å². The molecule has 0 spiro atoms. The van der Waals surface area contributed by atoms with E-state index in [1.54, 1.807) is 0 Å². The lowest BCUT2D eigenvalue weighted by atomic mass is 10.1. The lowest BCUT2D eigenvalue weighted by molar-refractivity contribution is -0.384. The van der Waals surface area contributed by atoms with Crippen LogP contribution in [0.2, 0.25) is 5.02 Å². The molecule has 0 amide bonds. The first-order chi connectivity index (χ1) is 9.99. The van der Waals surface area contributed by atoms with Crippen molar-refractivity contribution in [2.45, 2.75) is 13.3 Å². The van der Waals surface area contributed by atoms with Gasteiger partial charge in [-0.1, -0.05) is 18.5 Å². The van der Waals surface area contributed by atoms with Crippen LogP contribution in [0.5, 0.6) is 0 Å². The summed E-state index contributed by atoms with van der Waals surface area (Å²) in [5, 5.41) is 14.2. The van der Waals surface area contributed by atoms with Crippen LogP contribution in [0.3, 0.4) is 0 Å². The third-order valence-corrected chi connectivity index (χ3v) is 2.95. The number of hydrogen-bond acceptors (Lipinski definition) is 4. The van der Waals surface area contributed by atoms with Crippen molar-refractivity contribution in [2.24, 2.45) is 0 Å². The smallest absolute Gasteiger partial charge is 0.275 e. The van der Waals surface area contributed by atoms with Gasteiger partial charge in [0, 0.05) is 23.2 Å². The predicted octanol–water partition coefficient (Wildman–Crippen LogP) is 4.27. The van der Waals surface area contributed by atoms with Gasteiger partial charge < -0.3 is 5.32 Å². The van der Waals surface area contributed by atoms with Gasteiger partial charge in [-0.3, -0.25) is 10.1 Å². The molecule has 7 heteroatoms. The Labute approximate surface area is 125 Å². The van der Waals surface area contributed by atoms with E-state index >= 15 is 0 Å². The summed E-state index contributed by atoms with van der Waals surface area (Å²) in [7, 11) is 0. The molecule has 110 valence electrons. The van der Waals surface area contributed by atoms with Gasteiger partial charge in [-0.25, -0.2) is 9.37 Å². The first kappa shape index (κ1) is 15.2. The molecule has 0 aliphatic heterocycles. The van der Waals surface area contributed by atoms with E-state index in [2.05, 4.69) is 10.3 Å². The van der Waals surface area contributed by atoms with E-state index in [-0.39, 0.29) is 10.7 Å². The quantitative estimate of drug-likeness (QED) is 0.661. The SMILES string of the molecule is CCCNc1cc([N+](=O)[O-])cc(-c2cc(F)cc(Cl)c2)n1. The van der Waals surface area contributed by atoms with E-state index in [0.717, 1.165) is 6.42 Å². The highest BCUT2D eigenvalue weighted by Crippen LogP contribution is 2.28. The lowest BCUT2D eigenvalue weighted by Crippen LogP contribution is -2.03. The van der Waals surface area contributed by atoms with Crippen LogP contribution < -0.4 is 5.32 Å². The highest BCUT2D eigenvalue weighted by atomic mass is 35.5. The summed E-state index contributed by atoms with van der Waals surface area (Å²) in [6.07, 6.45) is 0.853. The first-order valence-corrected chi connectivity index (χ1v) is 6.74. The summed E-state index contributed by atoms with van der Waals surface area (Å²) in [4.78, 5) is 14.7. The number of hydrogen-bond donors (Lipinski definition) is 1. The van der Waals surface area contributed by atoms with E-state index in [4.69, 9.17) is 11.6 Å². The second-order valence-electron chi connectivity index (χ2n) is 4.44. The number of nitro groups is 1. The fourth-order valence-electron chi connectivity index (χ4n) is 1.81. The zero-order chi connectivity index (χ0) is 15.4. The number of aromatic nitrogens is 1. The van der Waals surface area contributed by atoms with Crippen LogP contribution in [0.4, 0.5) is 15.9 Å². The van der Waals surface area contributed by atoms with Crippen molar-refractivity contribution in [2.75, 3.05) is 11.9 Å². The Morgan fingerprint density at radius 2 is 2.10 bits per heavy atom. The molecule has 0 saturated heterocycles. The lowest BCUT2D eigenvalue weighted by Gasteiger charge is -2.07. The van der Waals surface area contributed by atoms with Crippen molar-refractivity contribution in [1.82, 2.24) is 4.98 Å². The molecule has 0 atom stereocenters. The molecule has 1 aromatic carbocycles. The summed E-state index contributed by atoms with van der Waals surface area (Å²) in [5.74, 6) is -0.143. The van der Waals surface area contributed by atoms with Crippen molar-refractivity contribution < 1.29 is 9.31 Å². The molecular weight excluding hydrogens is 297 g/mol. The van der Waals surface area contributed by atoms with Crippen LogP contribution in [0.1, 0.15) is 13.3 Å². The van der Waals surface area contributed by atoms with Gasteiger partial charge in [0.05, 0.1) is 16.7 Å². The molecule has 2 aromatic rings. The Kier molecular flexibility index (Phi) is 4.70. The molecular formula is C14H13ClFN3O2. The molecule has 1 heterocycles. The highest BCUT2D eigenvalue weighted by molar-refractivity contribution is 6.30. The van der Waals surface area contributed by atoms with Crippen molar-refractivity contribution in [3.8, 4) is 11.3 Å². The Hall–Kier alpha value is -2.21. The minimum absolute atomic E-state index is 0.112. The average Bonchev–Trinajstić information content (AvgIpc) is 2.43. The van der Waals surface area contributed by atoms with Gasteiger partial charge in [0.15, 0.2) is 0 Å². The maximum Gasteiger partial charge on any atom is 0.275 e. The zero-order valence-corrected chi connectivity index (χ0v) is 12.0. The molecule has 21 heavy (non-hydrogen) atoms. The summed E-state index contributed by atoms with van der Waals surface area (Å²) >= 11 is 5.81. The van der Waals surface area contributed by atoms with E-state index in [1.807, 2.05) is 6.92 Å². The number of nitrogens with zero attached hydrogens (tertiary/aromatic N) is 2. The van der Waals surface area contributed by atoms with E-state index < -0.39 is 10.7 Å². The Balaban J connectivity index is 2.50. The van der Waals surface area contributed by atoms with Crippen molar-refractivity contribution in [3.05, 3.63) is 51.3 Å². The molecule has 0 saturated carbocycles. The molecule has 0 radical (unpaired) electrons. The van der Waals surface area contributed by atoms with Crippen molar-refractivity contribution >= 4 is 23.1 Å². The van der Waals surface area contributed by atoms with Gasteiger partial charge in [-0.15, -0.1) is 0 Å². The molecule has 2 rings (SSSR count). The van der Waals surface area contributed by atoms with Crippen LogP contribution in [0.25, 0.3) is 11.3 Å². The predicted molar refractivity (Wildman–Crippen MR) is 80.1 cm³/mol. The normalized spacial score (nSPS) is 10.4. The summed E-state index contributed by atoms with van der Waals surface area (Å²) in [6.45, 7) is 2.61. The molecule has 0 fully saturated rings. The van der Waals surface area contributed by atoms with Gasteiger partial charge >= 0.3 is 0 Å². The average molecular weight is 310 g/mol. The number of halogens is 2. The maximum atomic E-state index is 13.4. The van der Waals surface area contributed by atoms with Gasteiger partial charge in [-0.05, 0) is 24.6 Å². The zero-order valence-electron chi connectivity index (χ0n) is 11.3. The topological polar surface area (TPSA) is 68.1 Å². The molecule has 0 aliphatic rings. The van der Waals surface area contributed by atoms with E-state index in [1.165, 1.54) is 30.3 Å². The molecule has 1 N–H and O–H groups in total. The number of rotatable bonds is 5. The largest absolute Gasteiger partial charge is 0.370 e. The Bertz CT molecular complexity index is 659. The molecule has 0 bridgehead atoms. The fourth-order valence-corrected chi connectivity index (χ4v) is 2.04. The first-order valence-electron chi connectivity index (χ1n) is 6.36. The van der Waals surface area contributed by atoms with Crippen LogP contribution in [0.15, 0.2) is 30.3 Å². The highest BCUT2D eigenvalue weighted by Gasteiger charge is 2.13. The number of anilines is 1. The van der Waals surface area contributed by atoms with E-state index in [9.17, 15) is 14.5 Å². The standard InChI is InChI=1S/C14H13ClFN3O2/c1-2-3-17-14-8-12(19(20)21)7-13(18-14)9-4-10(15)6-11(16)5-9/h4-8H,2-3H2,1H3,(H,17,18). The number of pyridine rings is 1. The molecule has 0 unspecified atom stereocenters. The summed E-state index contributed by atoms with van der Waals surface area (Å²) < 4.78 is 13.4. The third-order valence-electron chi connectivity index (χ3n) is 2.74. The van der Waals surface area contributed by atoms with Crippen LogP contribution in [0, 0.1) is 15.9 Å². The van der Waals surface area contributed by atoms with Crippen LogP contribution >= 0.6 is 11.6 Å². The maximum absolute atomic E-state index is 13.4. The number of benzene rings is 1. The Morgan fingerprint density at radius 3 is 2.71 bits per heavy atom. The summed E-state index contributed by atoms with van der Waals surface area (Å²) in [6, 6.07) is 6.56. The number of nitrogens with one attached hydrogen (secondary N) is 1. The minimum Gasteiger partial charge on any atom is -0.370 e. The second-order valence-corrected chi connectivity index (χ2v) is 4.87. The van der Waals surface area contributed by atoms with Gasteiger partial charge in [0.2, 0.25) is 0 Å². The molecule has 5 nitrogen and oxygen atoms in total. The van der Waals surface area contributed by atoms with Gasteiger partial charge in [-0.2, -0.15) is 0 Å². The van der Waals surface area contributed by atoms with Gasteiger partial charge in [0.25, 0.3) is 5.69 Å². The monoisotopic (exact) mass is 309 g/mol. The minimum atomic E-state index is -0.520. The van der Waals surface area contributed by atoms with Crippen molar-refractivity contribution in [3.63, 3.8) is 0 Å². The van der Waals surface area contributed by atoms with Crippen LogP contribution in [-0.4, -0.2) is 16.5 Å². The summed E-state index contributed by atoms with van der Waals surface area (Å²) in [5.41, 5.74) is 0.575. The molecule has 0 aliphatic carbocycles. The third kappa shape index (κ3) is 3.88. The Morgan fingerprint density at radius 1 is 1.33 bits per heavy atom. The van der Waals surface area contributed by atoms with Crippen LogP contribution in [-0.2, 0) is 0 Å². The molecule has 1 aromatic heterocycles.